The summed E-state index contributed by atoms with van der Waals surface area (Å²) in [5, 5.41) is 0. The summed E-state index contributed by atoms with van der Waals surface area (Å²) in [7, 11) is 0. The zero-order valence-corrected chi connectivity index (χ0v) is 11.7. The van der Waals surface area contributed by atoms with Gasteiger partial charge in [0.15, 0.2) is 6.10 Å². The summed E-state index contributed by atoms with van der Waals surface area (Å²) in [6.45, 7) is 4.20. The Morgan fingerprint density at radius 3 is 2.83 bits per heavy atom. The number of amides is 1. The highest BCUT2D eigenvalue weighted by molar-refractivity contribution is 9.10. The number of halogens is 1. The van der Waals surface area contributed by atoms with E-state index in [0.29, 0.717) is 32.1 Å². The zero-order valence-electron chi connectivity index (χ0n) is 10.1. The topological polar surface area (TPSA) is 51.7 Å². The van der Waals surface area contributed by atoms with E-state index in [4.69, 9.17) is 9.47 Å². The van der Waals surface area contributed by atoms with Crippen molar-refractivity contribution in [2.45, 2.75) is 13.0 Å². The number of aromatic nitrogens is 1. The first kappa shape index (κ1) is 13.3. The van der Waals surface area contributed by atoms with E-state index in [-0.39, 0.29) is 5.91 Å². The number of ether oxygens (including phenoxy) is 2. The molecule has 1 aliphatic heterocycles. The Morgan fingerprint density at radius 1 is 1.50 bits per heavy atom. The highest BCUT2D eigenvalue weighted by Crippen LogP contribution is 2.15. The first-order chi connectivity index (χ1) is 8.66. The van der Waals surface area contributed by atoms with Crippen molar-refractivity contribution in [3.8, 4) is 5.75 Å². The molecule has 1 aromatic heterocycles. The molecular weight excluding hydrogens is 300 g/mol. The number of morpholine rings is 1. The van der Waals surface area contributed by atoms with E-state index in [0.717, 1.165) is 4.60 Å². The predicted molar refractivity (Wildman–Crippen MR) is 69.4 cm³/mol. The van der Waals surface area contributed by atoms with Gasteiger partial charge in [0.25, 0.3) is 5.91 Å². The van der Waals surface area contributed by atoms with Crippen molar-refractivity contribution in [2.75, 3.05) is 26.3 Å². The number of nitrogens with zero attached hydrogens (tertiary/aromatic N) is 2. The van der Waals surface area contributed by atoms with Crippen molar-refractivity contribution < 1.29 is 14.3 Å². The van der Waals surface area contributed by atoms with E-state index < -0.39 is 6.10 Å². The van der Waals surface area contributed by atoms with Crippen LogP contribution in [0.4, 0.5) is 0 Å². The molecule has 0 aromatic carbocycles. The van der Waals surface area contributed by atoms with Crippen molar-refractivity contribution in [1.82, 2.24) is 9.88 Å². The van der Waals surface area contributed by atoms with Crippen molar-refractivity contribution in [3.05, 3.63) is 22.9 Å². The summed E-state index contributed by atoms with van der Waals surface area (Å²) in [6, 6.07) is 3.56. The Bertz CT molecular complexity index is 404. The number of carbonyl (C=O) groups is 1. The van der Waals surface area contributed by atoms with Crippen LogP contribution < -0.4 is 4.74 Å². The highest BCUT2D eigenvalue weighted by atomic mass is 79.9. The van der Waals surface area contributed by atoms with E-state index in [2.05, 4.69) is 20.9 Å². The second-order valence-corrected chi connectivity index (χ2v) is 4.83. The summed E-state index contributed by atoms with van der Waals surface area (Å²) in [6.07, 6.45) is 1.08. The molecule has 0 N–H and O–H groups in total. The van der Waals surface area contributed by atoms with E-state index in [1.807, 2.05) is 0 Å². The molecule has 1 fully saturated rings. The van der Waals surface area contributed by atoms with Crippen LogP contribution >= 0.6 is 15.9 Å². The summed E-state index contributed by atoms with van der Waals surface area (Å²) < 4.78 is 11.5. The fraction of sp³-hybridized carbons (Fsp3) is 0.500. The van der Waals surface area contributed by atoms with Gasteiger partial charge in [-0.25, -0.2) is 4.98 Å². The molecule has 1 saturated heterocycles. The van der Waals surface area contributed by atoms with Crippen LogP contribution in [0.2, 0.25) is 0 Å². The average molecular weight is 315 g/mol. The van der Waals surface area contributed by atoms with E-state index in [9.17, 15) is 4.79 Å². The van der Waals surface area contributed by atoms with Crippen molar-refractivity contribution in [1.29, 1.82) is 0 Å². The molecule has 1 aromatic rings. The SMILES string of the molecule is CC(Oc1ccc(Br)nc1)C(=O)N1CCOCC1. The van der Waals surface area contributed by atoms with Crippen LogP contribution in [0.25, 0.3) is 0 Å². The lowest BCUT2D eigenvalue weighted by molar-refractivity contribution is -0.142. The molecule has 1 atom stereocenters. The van der Waals surface area contributed by atoms with Crippen LogP contribution in [-0.4, -0.2) is 48.2 Å². The smallest absolute Gasteiger partial charge is 0.263 e. The van der Waals surface area contributed by atoms with Crippen LogP contribution in [0.3, 0.4) is 0 Å². The molecule has 0 saturated carbocycles. The third-order valence-electron chi connectivity index (χ3n) is 2.68. The van der Waals surface area contributed by atoms with Gasteiger partial charge >= 0.3 is 0 Å². The maximum absolute atomic E-state index is 12.1. The van der Waals surface area contributed by atoms with Gasteiger partial charge in [-0.1, -0.05) is 0 Å². The molecule has 0 aliphatic carbocycles. The average Bonchev–Trinajstić information content (AvgIpc) is 2.41. The van der Waals surface area contributed by atoms with Crippen LogP contribution in [0.1, 0.15) is 6.92 Å². The number of pyridine rings is 1. The van der Waals surface area contributed by atoms with Gasteiger partial charge in [-0.2, -0.15) is 0 Å². The van der Waals surface area contributed by atoms with E-state index in [1.54, 1.807) is 30.2 Å². The monoisotopic (exact) mass is 314 g/mol. The van der Waals surface area contributed by atoms with Crippen molar-refractivity contribution in [2.24, 2.45) is 0 Å². The predicted octanol–water partition coefficient (Wildman–Crippen LogP) is 1.47. The molecule has 1 unspecified atom stereocenters. The lowest BCUT2D eigenvalue weighted by Gasteiger charge is -2.29. The molecule has 0 spiro atoms. The Kier molecular flexibility index (Phi) is 4.54. The molecule has 0 bridgehead atoms. The Balaban J connectivity index is 1.92. The standard InChI is InChI=1S/C12H15BrN2O3/c1-9(12(16)15-4-6-17-7-5-15)18-10-2-3-11(13)14-8-10/h2-3,8-9H,4-7H2,1H3. The second kappa shape index (κ2) is 6.15. The van der Waals surface area contributed by atoms with Gasteiger partial charge in [0, 0.05) is 13.1 Å². The summed E-state index contributed by atoms with van der Waals surface area (Å²) in [5.74, 6) is 0.577. The molecule has 0 radical (unpaired) electrons. The Morgan fingerprint density at radius 2 is 2.22 bits per heavy atom. The third kappa shape index (κ3) is 3.43. The normalized spacial score (nSPS) is 17.3. The number of rotatable bonds is 3. The number of carbonyl (C=O) groups excluding carboxylic acids is 1. The summed E-state index contributed by atoms with van der Waals surface area (Å²) in [4.78, 5) is 17.9. The summed E-state index contributed by atoms with van der Waals surface area (Å²) >= 11 is 3.25. The van der Waals surface area contributed by atoms with Gasteiger partial charge in [-0.15, -0.1) is 0 Å². The molecule has 6 heteroatoms. The zero-order chi connectivity index (χ0) is 13.0. The Labute approximate surface area is 114 Å². The lowest BCUT2D eigenvalue weighted by atomic mass is 10.3. The third-order valence-corrected chi connectivity index (χ3v) is 3.15. The minimum absolute atomic E-state index is 0.0128. The number of hydrogen-bond acceptors (Lipinski definition) is 4. The molecule has 5 nitrogen and oxygen atoms in total. The van der Waals surface area contributed by atoms with Gasteiger partial charge in [0.1, 0.15) is 10.4 Å². The second-order valence-electron chi connectivity index (χ2n) is 4.01. The number of hydrogen-bond donors (Lipinski definition) is 0. The van der Waals surface area contributed by atoms with Gasteiger partial charge in [0.05, 0.1) is 19.4 Å². The van der Waals surface area contributed by atoms with Gasteiger partial charge in [-0.05, 0) is 35.0 Å². The fourth-order valence-corrected chi connectivity index (χ4v) is 1.96. The van der Waals surface area contributed by atoms with Gasteiger partial charge < -0.3 is 14.4 Å². The van der Waals surface area contributed by atoms with Crippen LogP contribution in [0.15, 0.2) is 22.9 Å². The lowest BCUT2D eigenvalue weighted by Crippen LogP contribution is -2.46. The van der Waals surface area contributed by atoms with Crippen molar-refractivity contribution in [3.63, 3.8) is 0 Å². The maximum atomic E-state index is 12.1. The first-order valence-electron chi connectivity index (χ1n) is 5.81. The largest absolute Gasteiger partial charge is 0.479 e. The molecule has 98 valence electrons. The Hall–Kier alpha value is -1.14. The fourth-order valence-electron chi connectivity index (χ4n) is 1.73. The highest BCUT2D eigenvalue weighted by Gasteiger charge is 2.23. The maximum Gasteiger partial charge on any atom is 0.263 e. The van der Waals surface area contributed by atoms with E-state index in [1.165, 1.54) is 0 Å². The molecular formula is C12H15BrN2O3. The van der Waals surface area contributed by atoms with Crippen LogP contribution in [-0.2, 0) is 9.53 Å². The minimum atomic E-state index is -0.508. The minimum Gasteiger partial charge on any atom is -0.479 e. The summed E-state index contributed by atoms with van der Waals surface area (Å²) in [5.41, 5.74) is 0. The quantitative estimate of drug-likeness (QED) is 0.793. The van der Waals surface area contributed by atoms with Crippen molar-refractivity contribution >= 4 is 21.8 Å². The molecule has 1 amide bonds. The molecule has 18 heavy (non-hydrogen) atoms. The van der Waals surface area contributed by atoms with Crippen LogP contribution in [0, 0.1) is 0 Å². The molecule has 1 aliphatic rings. The molecule has 2 rings (SSSR count). The first-order valence-corrected chi connectivity index (χ1v) is 6.61. The van der Waals surface area contributed by atoms with Crippen LogP contribution in [0.5, 0.6) is 5.75 Å². The van der Waals surface area contributed by atoms with Gasteiger partial charge in [-0.3, -0.25) is 4.79 Å². The van der Waals surface area contributed by atoms with E-state index >= 15 is 0 Å². The van der Waals surface area contributed by atoms with Gasteiger partial charge in [0.2, 0.25) is 0 Å². The molecule has 2 heterocycles.